The second-order valence-electron chi connectivity index (χ2n) is 5.82. The third-order valence-corrected chi connectivity index (χ3v) is 4.71. The average Bonchev–Trinajstić information content (AvgIpc) is 2.78. The number of halogens is 3. The second kappa shape index (κ2) is 13.4. The Balaban J connectivity index is 0.000000167. The first-order valence-electron chi connectivity index (χ1n) is 8.81. The molecule has 2 aromatic carbocycles. The molecule has 2 aromatic heterocycles. The van der Waals surface area contributed by atoms with Crippen LogP contribution in [-0.4, -0.2) is 27.1 Å². The Hall–Kier alpha value is -1.97. The van der Waals surface area contributed by atoms with E-state index in [2.05, 4.69) is 32.6 Å². The van der Waals surface area contributed by atoms with Crippen molar-refractivity contribution in [2.45, 2.75) is 0 Å². The summed E-state index contributed by atoms with van der Waals surface area (Å²) in [5.74, 6) is 0. The molecule has 0 aliphatic heterocycles. The van der Waals surface area contributed by atoms with E-state index in [1.165, 1.54) is 0 Å². The molecule has 2 heterocycles. The van der Waals surface area contributed by atoms with Gasteiger partial charge in [0.15, 0.2) is 0 Å². The Bertz CT molecular complexity index is 970. The topological polar surface area (TPSA) is 66.2 Å². The summed E-state index contributed by atoms with van der Waals surface area (Å²) in [5, 5.41) is 18.2. The van der Waals surface area contributed by atoms with Gasteiger partial charge in [-0.05, 0) is 57.9 Å². The lowest BCUT2D eigenvalue weighted by atomic mass is 9.81. The van der Waals surface area contributed by atoms with Crippen molar-refractivity contribution < 1.29 is 10.0 Å². The van der Waals surface area contributed by atoms with E-state index in [-0.39, 0.29) is 0 Å². The van der Waals surface area contributed by atoms with E-state index < -0.39 is 7.12 Å². The van der Waals surface area contributed by atoms with Crippen LogP contribution >= 0.6 is 45.8 Å². The lowest BCUT2D eigenvalue weighted by Gasteiger charge is -1.99. The summed E-state index contributed by atoms with van der Waals surface area (Å²) in [6.45, 7) is 0. The lowest BCUT2D eigenvalue weighted by molar-refractivity contribution is 0.426. The van der Waals surface area contributed by atoms with Crippen LogP contribution in [0.1, 0.15) is 0 Å². The fourth-order valence-electron chi connectivity index (χ4n) is 2.16. The van der Waals surface area contributed by atoms with E-state index in [1.54, 1.807) is 48.8 Å². The van der Waals surface area contributed by atoms with Crippen molar-refractivity contribution >= 4 is 58.4 Å². The number of hydrogen-bond donors (Lipinski definition) is 2. The number of rotatable bonds is 2. The largest absolute Gasteiger partial charge is 0.488 e. The SMILES string of the molecule is Clc1ccc(-c2ccccc2)cn1.Clc1ccc(I)cn1.OB(O)c1ccccc1. The van der Waals surface area contributed by atoms with Crippen molar-refractivity contribution in [1.29, 1.82) is 0 Å². The van der Waals surface area contributed by atoms with E-state index >= 15 is 0 Å². The molecule has 0 radical (unpaired) electrons. The molecule has 0 unspecified atom stereocenters. The van der Waals surface area contributed by atoms with Crippen molar-refractivity contribution in [1.82, 2.24) is 9.97 Å². The molecule has 0 saturated heterocycles. The molecule has 0 atom stereocenters. The van der Waals surface area contributed by atoms with Gasteiger partial charge < -0.3 is 10.0 Å². The molecule has 30 heavy (non-hydrogen) atoms. The van der Waals surface area contributed by atoms with E-state index in [9.17, 15) is 0 Å². The molecule has 0 bridgehead atoms. The van der Waals surface area contributed by atoms with Crippen LogP contribution in [0.15, 0.2) is 97.3 Å². The number of nitrogens with zero attached hydrogens (tertiary/aromatic N) is 2. The van der Waals surface area contributed by atoms with Gasteiger partial charge in [-0.25, -0.2) is 9.97 Å². The van der Waals surface area contributed by atoms with Crippen molar-refractivity contribution in [2.75, 3.05) is 0 Å². The Kier molecular flexibility index (Phi) is 10.8. The molecule has 0 fully saturated rings. The van der Waals surface area contributed by atoms with Crippen molar-refractivity contribution in [2.24, 2.45) is 0 Å². The third kappa shape index (κ3) is 9.23. The first kappa shape index (κ1) is 24.3. The highest BCUT2D eigenvalue weighted by atomic mass is 127. The van der Waals surface area contributed by atoms with Crippen LogP contribution in [0.4, 0.5) is 0 Å². The predicted molar refractivity (Wildman–Crippen MR) is 133 cm³/mol. The van der Waals surface area contributed by atoms with Crippen molar-refractivity contribution in [3.63, 3.8) is 0 Å². The molecule has 4 nitrogen and oxygen atoms in total. The van der Waals surface area contributed by atoms with Gasteiger partial charge in [-0.1, -0.05) is 83.9 Å². The van der Waals surface area contributed by atoms with Gasteiger partial charge in [-0.2, -0.15) is 0 Å². The molecular weight excluding hydrogens is 533 g/mol. The normalized spacial score (nSPS) is 9.50. The number of benzene rings is 2. The fraction of sp³-hybridized carbons (Fsp3) is 0. The monoisotopic (exact) mass is 550 g/mol. The number of aromatic nitrogens is 2. The van der Waals surface area contributed by atoms with E-state index in [4.69, 9.17) is 33.2 Å². The molecule has 8 heteroatoms. The van der Waals surface area contributed by atoms with Crippen LogP contribution in [0.25, 0.3) is 11.1 Å². The molecule has 0 aliphatic carbocycles. The lowest BCUT2D eigenvalue weighted by Crippen LogP contribution is -2.29. The highest BCUT2D eigenvalue weighted by Gasteiger charge is 2.07. The van der Waals surface area contributed by atoms with Gasteiger partial charge in [0.2, 0.25) is 0 Å². The fourth-order valence-corrected chi connectivity index (χ4v) is 2.70. The number of pyridine rings is 2. The van der Waals surface area contributed by atoms with Crippen molar-refractivity contribution in [3.8, 4) is 11.1 Å². The van der Waals surface area contributed by atoms with Crippen LogP contribution < -0.4 is 5.46 Å². The molecule has 2 N–H and O–H groups in total. The van der Waals surface area contributed by atoms with Gasteiger partial charge in [-0.15, -0.1) is 0 Å². The number of hydrogen-bond acceptors (Lipinski definition) is 4. The Morgan fingerprint density at radius 2 is 1.17 bits per heavy atom. The van der Waals surface area contributed by atoms with Gasteiger partial charge in [0.05, 0.1) is 0 Å². The molecule has 4 rings (SSSR count). The van der Waals surface area contributed by atoms with E-state index in [0.29, 0.717) is 15.8 Å². The van der Waals surface area contributed by atoms with Crippen molar-refractivity contribution in [3.05, 3.63) is 111 Å². The molecule has 152 valence electrons. The molecule has 0 aliphatic rings. The summed E-state index contributed by atoms with van der Waals surface area (Å²) in [6.07, 6.45) is 3.50. The minimum Gasteiger partial charge on any atom is -0.423 e. The molecule has 4 aromatic rings. The first-order chi connectivity index (χ1) is 14.5. The Morgan fingerprint density at radius 1 is 0.633 bits per heavy atom. The third-order valence-electron chi connectivity index (χ3n) is 3.62. The highest BCUT2D eigenvalue weighted by molar-refractivity contribution is 14.1. The summed E-state index contributed by atoms with van der Waals surface area (Å²) in [7, 11) is -1.34. The summed E-state index contributed by atoms with van der Waals surface area (Å²) in [6, 6.07) is 26.2. The van der Waals surface area contributed by atoms with Gasteiger partial charge in [0, 0.05) is 21.5 Å². The van der Waals surface area contributed by atoms with E-state index in [0.717, 1.165) is 14.7 Å². The van der Waals surface area contributed by atoms with Crippen LogP contribution in [0.2, 0.25) is 10.3 Å². The maximum Gasteiger partial charge on any atom is 0.488 e. The van der Waals surface area contributed by atoms with Gasteiger partial charge in [0.1, 0.15) is 10.3 Å². The van der Waals surface area contributed by atoms with Gasteiger partial charge in [-0.3, -0.25) is 0 Å². The maximum absolute atomic E-state index is 8.58. The zero-order valence-electron chi connectivity index (χ0n) is 15.7. The quantitative estimate of drug-likeness (QED) is 0.207. The summed E-state index contributed by atoms with van der Waals surface area (Å²) < 4.78 is 1.10. The summed E-state index contributed by atoms with van der Waals surface area (Å²) in [4.78, 5) is 7.86. The van der Waals surface area contributed by atoms with Crippen LogP contribution in [0.3, 0.4) is 0 Å². The Labute approximate surface area is 199 Å². The van der Waals surface area contributed by atoms with Gasteiger partial charge in [0.25, 0.3) is 0 Å². The maximum atomic E-state index is 8.58. The standard InChI is InChI=1S/C11H8ClN.C6H7BO2.C5H3ClIN/c12-11-7-6-10(8-13-11)9-4-2-1-3-5-9;8-7(9)6-4-2-1-3-5-6;6-5-2-1-4(7)3-8-5/h1-8H;1-5,8-9H;1-3H. The molecule has 0 spiro atoms. The zero-order valence-corrected chi connectivity index (χ0v) is 19.4. The van der Waals surface area contributed by atoms with Crippen LogP contribution in [-0.2, 0) is 0 Å². The Morgan fingerprint density at radius 3 is 1.57 bits per heavy atom. The molecular formula is C22H18BCl2IN2O2. The smallest absolute Gasteiger partial charge is 0.423 e. The van der Waals surface area contributed by atoms with E-state index in [1.807, 2.05) is 48.5 Å². The first-order valence-corrected chi connectivity index (χ1v) is 10.6. The summed E-state index contributed by atoms with van der Waals surface area (Å²) >= 11 is 13.4. The van der Waals surface area contributed by atoms with Crippen LogP contribution in [0.5, 0.6) is 0 Å². The summed E-state index contributed by atoms with van der Waals surface area (Å²) in [5.41, 5.74) is 2.77. The highest BCUT2D eigenvalue weighted by Crippen LogP contribution is 2.18. The zero-order chi connectivity index (χ0) is 21.8. The minimum atomic E-state index is -1.34. The minimum absolute atomic E-state index is 0.525. The van der Waals surface area contributed by atoms with Crippen LogP contribution in [0, 0.1) is 3.57 Å². The van der Waals surface area contributed by atoms with Gasteiger partial charge >= 0.3 is 7.12 Å². The second-order valence-corrected chi connectivity index (χ2v) is 7.84. The average molecular weight is 551 g/mol. The molecule has 0 amide bonds. The molecule has 0 saturated carbocycles. The predicted octanol–water partition coefficient (Wildman–Crippen LogP) is 5.11.